The number of rotatable bonds is 11. The first-order valence-corrected chi connectivity index (χ1v) is 8.55. The standard InChI is InChI=1S/C19H33N/c1-4-6-7-8-9-10-19(20-5-2)16-15-18-13-11-17(3)12-14-18/h11-14,19-20H,4-10,15-16H2,1-3H3. The number of aryl methyl sites for hydroxylation is 2. The fourth-order valence-corrected chi connectivity index (χ4v) is 2.73. The molecule has 0 amide bonds. The van der Waals surface area contributed by atoms with Crippen molar-refractivity contribution in [1.82, 2.24) is 5.32 Å². The van der Waals surface area contributed by atoms with Gasteiger partial charge in [0.1, 0.15) is 0 Å². The second-order valence-corrected chi connectivity index (χ2v) is 5.98. The monoisotopic (exact) mass is 275 g/mol. The average Bonchev–Trinajstić information content (AvgIpc) is 2.46. The predicted octanol–water partition coefficient (Wildman–Crippen LogP) is 5.27. The molecule has 0 radical (unpaired) electrons. The van der Waals surface area contributed by atoms with E-state index in [4.69, 9.17) is 0 Å². The molecular weight excluding hydrogens is 242 g/mol. The molecule has 0 saturated carbocycles. The molecule has 1 rings (SSSR count). The fourth-order valence-electron chi connectivity index (χ4n) is 2.73. The van der Waals surface area contributed by atoms with Gasteiger partial charge in [0.15, 0.2) is 0 Å². The summed E-state index contributed by atoms with van der Waals surface area (Å²) < 4.78 is 0. The summed E-state index contributed by atoms with van der Waals surface area (Å²) in [6.07, 6.45) is 10.7. The topological polar surface area (TPSA) is 12.0 Å². The molecule has 0 heterocycles. The Labute approximate surface area is 126 Å². The Kier molecular flexibility index (Phi) is 9.40. The summed E-state index contributed by atoms with van der Waals surface area (Å²) >= 11 is 0. The summed E-state index contributed by atoms with van der Waals surface area (Å²) in [6, 6.07) is 9.70. The van der Waals surface area contributed by atoms with Gasteiger partial charge >= 0.3 is 0 Å². The molecule has 0 aliphatic rings. The highest BCUT2D eigenvalue weighted by Gasteiger charge is 2.07. The maximum Gasteiger partial charge on any atom is 0.00701 e. The third-order valence-corrected chi connectivity index (χ3v) is 4.05. The fraction of sp³-hybridized carbons (Fsp3) is 0.684. The van der Waals surface area contributed by atoms with Gasteiger partial charge in [0.05, 0.1) is 0 Å². The van der Waals surface area contributed by atoms with E-state index in [9.17, 15) is 0 Å². The number of benzene rings is 1. The van der Waals surface area contributed by atoms with Crippen molar-refractivity contribution >= 4 is 0 Å². The zero-order valence-corrected chi connectivity index (χ0v) is 13.8. The Bertz CT molecular complexity index is 328. The third-order valence-electron chi connectivity index (χ3n) is 4.05. The molecule has 0 bridgehead atoms. The lowest BCUT2D eigenvalue weighted by Gasteiger charge is -2.18. The van der Waals surface area contributed by atoms with Gasteiger partial charge in [0, 0.05) is 6.04 Å². The lowest BCUT2D eigenvalue weighted by Crippen LogP contribution is -2.29. The molecule has 0 aromatic heterocycles. The third kappa shape index (κ3) is 7.69. The normalized spacial score (nSPS) is 12.6. The van der Waals surface area contributed by atoms with Crippen molar-refractivity contribution in [3.8, 4) is 0 Å². The van der Waals surface area contributed by atoms with Crippen molar-refractivity contribution in [2.45, 2.75) is 78.2 Å². The predicted molar refractivity (Wildman–Crippen MR) is 90.3 cm³/mol. The minimum atomic E-state index is 0.697. The van der Waals surface area contributed by atoms with Crippen LogP contribution in [0.2, 0.25) is 0 Å². The zero-order chi connectivity index (χ0) is 14.6. The lowest BCUT2D eigenvalue weighted by molar-refractivity contribution is 0.440. The van der Waals surface area contributed by atoms with Gasteiger partial charge in [-0.2, -0.15) is 0 Å². The number of hydrogen-bond acceptors (Lipinski definition) is 1. The van der Waals surface area contributed by atoms with E-state index in [1.54, 1.807) is 0 Å². The minimum Gasteiger partial charge on any atom is -0.314 e. The van der Waals surface area contributed by atoms with E-state index < -0.39 is 0 Å². The molecule has 1 atom stereocenters. The van der Waals surface area contributed by atoms with Gasteiger partial charge in [-0.25, -0.2) is 0 Å². The van der Waals surface area contributed by atoms with Crippen molar-refractivity contribution in [3.63, 3.8) is 0 Å². The minimum absolute atomic E-state index is 0.697. The molecule has 0 spiro atoms. The highest BCUT2D eigenvalue weighted by atomic mass is 14.9. The molecule has 1 N–H and O–H groups in total. The SMILES string of the molecule is CCCCCCCC(CCc1ccc(C)cc1)NCC. The van der Waals surface area contributed by atoms with E-state index in [0.717, 1.165) is 6.54 Å². The first-order chi connectivity index (χ1) is 9.76. The Morgan fingerprint density at radius 1 is 0.900 bits per heavy atom. The van der Waals surface area contributed by atoms with E-state index in [-0.39, 0.29) is 0 Å². The molecule has 1 nitrogen and oxygen atoms in total. The zero-order valence-electron chi connectivity index (χ0n) is 13.8. The van der Waals surface area contributed by atoms with Crippen molar-refractivity contribution in [3.05, 3.63) is 35.4 Å². The van der Waals surface area contributed by atoms with E-state index in [2.05, 4.69) is 50.4 Å². The molecule has 0 saturated heterocycles. The van der Waals surface area contributed by atoms with Crippen LogP contribution in [0, 0.1) is 6.92 Å². The summed E-state index contributed by atoms with van der Waals surface area (Å²) in [5.74, 6) is 0. The maximum atomic E-state index is 3.66. The first kappa shape index (κ1) is 17.2. The van der Waals surface area contributed by atoms with Crippen LogP contribution in [0.15, 0.2) is 24.3 Å². The van der Waals surface area contributed by atoms with Crippen molar-refractivity contribution in [1.29, 1.82) is 0 Å². The summed E-state index contributed by atoms with van der Waals surface area (Å²) in [6.45, 7) is 7.74. The van der Waals surface area contributed by atoms with Crippen LogP contribution < -0.4 is 5.32 Å². The molecule has 0 aliphatic heterocycles. The van der Waals surface area contributed by atoms with Crippen molar-refractivity contribution in [2.75, 3.05) is 6.54 Å². The van der Waals surface area contributed by atoms with Gasteiger partial charge in [-0.3, -0.25) is 0 Å². The number of unbranched alkanes of at least 4 members (excludes halogenated alkanes) is 4. The van der Waals surface area contributed by atoms with Crippen LogP contribution in [-0.4, -0.2) is 12.6 Å². The van der Waals surface area contributed by atoms with Gasteiger partial charge in [0.25, 0.3) is 0 Å². The second kappa shape index (κ2) is 10.9. The molecule has 1 unspecified atom stereocenters. The molecule has 114 valence electrons. The highest BCUT2D eigenvalue weighted by molar-refractivity contribution is 5.21. The largest absolute Gasteiger partial charge is 0.314 e. The first-order valence-electron chi connectivity index (χ1n) is 8.55. The van der Waals surface area contributed by atoms with Crippen LogP contribution in [0.25, 0.3) is 0 Å². The number of nitrogens with one attached hydrogen (secondary N) is 1. The van der Waals surface area contributed by atoms with Gasteiger partial charge < -0.3 is 5.32 Å². The Morgan fingerprint density at radius 3 is 2.25 bits per heavy atom. The van der Waals surface area contributed by atoms with E-state index in [1.807, 2.05) is 0 Å². The van der Waals surface area contributed by atoms with Crippen LogP contribution in [-0.2, 0) is 6.42 Å². The average molecular weight is 275 g/mol. The Balaban J connectivity index is 2.25. The highest BCUT2D eigenvalue weighted by Crippen LogP contribution is 2.13. The molecule has 1 heteroatoms. The van der Waals surface area contributed by atoms with Gasteiger partial charge in [0.2, 0.25) is 0 Å². The molecule has 1 aromatic carbocycles. The van der Waals surface area contributed by atoms with Crippen LogP contribution in [0.4, 0.5) is 0 Å². The molecule has 20 heavy (non-hydrogen) atoms. The summed E-state index contributed by atoms with van der Waals surface area (Å²) in [5.41, 5.74) is 2.83. The van der Waals surface area contributed by atoms with Crippen molar-refractivity contribution in [2.24, 2.45) is 0 Å². The van der Waals surface area contributed by atoms with E-state index in [1.165, 1.54) is 62.5 Å². The van der Waals surface area contributed by atoms with Gasteiger partial charge in [-0.15, -0.1) is 0 Å². The molecule has 0 aliphatic carbocycles. The van der Waals surface area contributed by atoms with Gasteiger partial charge in [-0.1, -0.05) is 75.8 Å². The summed E-state index contributed by atoms with van der Waals surface area (Å²) in [7, 11) is 0. The van der Waals surface area contributed by atoms with Crippen LogP contribution >= 0.6 is 0 Å². The summed E-state index contributed by atoms with van der Waals surface area (Å²) in [5, 5.41) is 3.66. The van der Waals surface area contributed by atoms with Crippen LogP contribution in [0.3, 0.4) is 0 Å². The van der Waals surface area contributed by atoms with Crippen molar-refractivity contribution < 1.29 is 0 Å². The summed E-state index contributed by atoms with van der Waals surface area (Å²) in [4.78, 5) is 0. The van der Waals surface area contributed by atoms with E-state index in [0.29, 0.717) is 6.04 Å². The lowest BCUT2D eigenvalue weighted by atomic mass is 9.99. The second-order valence-electron chi connectivity index (χ2n) is 5.98. The van der Waals surface area contributed by atoms with Gasteiger partial charge in [-0.05, 0) is 38.3 Å². The molecule has 0 fully saturated rings. The van der Waals surface area contributed by atoms with Crippen LogP contribution in [0.5, 0.6) is 0 Å². The van der Waals surface area contributed by atoms with Crippen LogP contribution in [0.1, 0.15) is 69.9 Å². The number of hydrogen-bond donors (Lipinski definition) is 1. The van der Waals surface area contributed by atoms with E-state index >= 15 is 0 Å². The molecular formula is C19H33N. The Hall–Kier alpha value is -0.820. The quantitative estimate of drug-likeness (QED) is 0.543. The Morgan fingerprint density at radius 2 is 1.60 bits per heavy atom. The smallest absolute Gasteiger partial charge is 0.00701 e. The molecule has 1 aromatic rings. The maximum absolute atomic E-state index is 3.66.